The van der Waals surface area contributed by atoms with Gasteiger partial charge in [0, 0.05) is 12.1 Å². The van der Waals surface area contributed by atoms with Gasteiger partial charge in [0.25, 0.3) is 0 Å². The van der Waals surface area contributed by atoms with Gasteiger partial charge in [-0.25, -0.2) is 0 Å². The maximum atomic E-state index is 5.65. The van der Waals surface area contributed by atoms with E-state index in [1.54, 1.807) is 0 Å². The van der Waals surface area contributed by atoms with Gasteiger partial charge < -0.3 is 9.73 Å². The first-order valence-corrected chi connectivity index (χ1v) is 7.70. The molecular formula is C15H23N5O. The molecule has 0 spiro atoms. The maximum absolute atomic E-state index is 5.65. The Kier molecular flexibility index (Phi) is 4.05. The average Bonchev–Trinajstić information content (AvgIpc) is 3.07. The molecule has 0 saturated carbocycles. The van der Waals surface area contributed by atoms with E-state index in [2.05, 4.69) is 33.7 Å². The van der Waals surface area contributed by atoms with E-state index in [9.17, 15) is 0 Å². The average molecular weight is 289 g/mol. The summed E-state index contributed by atoms with van der Waals surface area (Å²) in [5.74, 6) is 2.19. The van der Waals surface area contributed by atoms with Crippen molar-refractivity contribution in [3.63, 3.8) is 0 Å². The van der Waals surface area contributed by atoms with Gasteiger partial charge in [0.05, 0.1) is 5.69 Å². The minimum absolute atomic E-state index is 0.260. The van der Waals surface area contributed by atoms with Gasteiger partial charge in [-0.1, -0.05) is 13.8 Å². The zero-order valence-electron chi connectivity index (χ0n) is 13.0. The van der Waals surface area contributed by atoms with Crippen LogP contribution in [0.2, 0.25) is 0 Å². The number of nitrogens with zero attached hydrogens (tertiary/aromatic N) is 4. The molecule has 0 aromatic carbocycles. The van der Waals surface area contributed by atoms with Crippen LogP contribution < -0.4 is 5.32 Å². The SMILES string of the molecule is Cc1nn(Cc2nnc(C(C)C)o2)cc1C1CCNCC1. The Morgan fingerprint density at radius 2 is 2.10 bits per heavy atom. The van der Waals surface area contributed by atoms with Crippen molar-refractivity contribution in [1.82, 2.24) is 25.3 Å². The topological polar surface area (TPSA) is 68.8 Å². The molecule has 0 aliphatic carbocycles. The van der Waals surface area contributed by atoms with Crippen molar-refractivity contribution in [3.05, 3.63) is 29.2 Å². The first kappa shape index (κ1) is 14.3. The van der Waals surface area contributed by atoms with Gasteiger partial charge in [-0.05, 0) is 44.3 Å². The van der Waals surface area contributed by atoms with Gasteiger partial charge in [-0.15, -0.1) is 10.2 Å². The monoisotopic (exact) mass is 289 g/mol. The van der Waals surface area contributed by atoms with Crippen LogP contribution in [0.1, 0.15) is 61.6 Å². The number of hydrogen-bond acceptors (Lipinski definition) is 5. The van der Waals surface area contributed by atoms with Crippen LogP contribution in [0.4, 0.5) is 0 Å². The highest BCUT2D eigenvalue weighted by Crippen LogP contribution is 2.27. The third kappa shape index (κ3) is 3.15. The Morgan fingerprint density at radius 3 is 2.76 bits per heavy atom. The molecule has 3 heterocycles. The van der Waals surface area contributed by atoms with Crippen LogP contribution in [0.3, 0.4) is 0 Å². The van der Waals surface area contributed by atoms with E-state index in [1.165, 1.54) is 18.4 Å². The molecule has 6 heteroatoms. The molecule has 2 aromatic heterocycles. The summed E-state index contributed by atoms with van der Waals surface area (Å²) in [7, 11) is 0. The number of nitrogens with one attached hydrogen (secondary N) is 1. The molecule has 0 bridgehead atoms. The zero-order valence-corrected chi connectivity index (χ0v) is 13.0. The molecule has 0 unspecified atom stereocenters. The van der Waals surface area contributed by atoms with Crippen LogP contribution in [-0.4, -0.2) is 33.1 Å². The Hall–Kier alpha value is -1.69. The highest BCUT2D eigenvalue weighted by molar-refractivity contribution is 5.21. The first-order valence-electron chi connectivity index (χ1n) is 7.70. The number of aryl methyl sites for hydroxylation is 1. The number of piperidine rings is 1. The Morgan fingerprint density at radius 1 is 1.33 bits per heavy atom. The van der Waals surface area contributed by atoms with Crippen LogP contribution >= 0.6 is 0 Å². The number of rotatable bonds is 4. The second-order valence-corrected chi connectivity index (χ2v) is 6.08. The second kappa shape index (κ2) is 5.97. The summed E-state index contributed by atoms with van der Waals surface area (Å²) in [5, 5.41) is 16.2. The number of aromatic nitrogens is 4. The van der Waals surface area contributed by atoms with Gasteiger partial charge >= 0.3 is 0 Å². The molecule has 114 valence electrons. The van der Waals surface area contributed by atoms with E-state index in [-0.39, 0.29) is 5.92 Å². The van der Waals surface area contributed by atoms with Gasteiger partial charge in [0.1, 0.15) is 6.54 Å². The van der Waals surface area contributed by atoms with E-state index < -0.39 is 0 Å². The Bertz CT molecular complexity index is 595. The fourth-order valence-electron chi connectivity index (χ4n) is 2.85. The second-order valence-electron chi connectivity index (χ2n) is 6.08. The molecule has 1 N–H and O–H groups in total. The standard InChI is InChI=1S/C15H23N5O/c1-10(2)15-18-17-14(21-15)9-20-8-13(11(3)19-20)12-4-6-16-7-5-12/h8,10,12,16H,4-7,9H2,1-3H3. The van der Waals surface area contributed by atoms with E-state index in [0.29, 0.717) is 24.2 Å². The molecule has 2 aromatic rings. The zero-order chi connectivity index (χ0) is 14.8. The summed E-state index contributed by atoms with van der Waals surface area (Å²) in [4.78, 5) is 0. The molecule has 1 fully saturated rings. The summed E-state index contributed by atoms with van der Waals surface area (Å²) in [6, 6.07) is 0. The molecule has 1 aliphatic heterocycles. The van der Waals surface area contributed by atoms with Crippen molar-refractivity contribution in [1.29, 1.82) is 0 Å². The molecule has 1 saturated heterocycles. The van der Waals surface area contributed by atoms with E-state index in [0.717, 1.165) is 18.8 Å². The summed E-state index contributed by atoms with van der Waals surface area (Å²) >= 11 is 0. The van der Waals surface area contributed by atoms with Gasteiger partial charge in [0.15, 0.2) is 0 Å². The minimum Gasteiger partial charge on any atom is -0.423 e. The minimum atomic E-state index is 0.260. The van der Waals surface area contributed by atoms with Crippen molar-refractivity contribution >= 4 is 0 Å². The number of hydrogen-bond donors (Lipinski definition) is 1. The van der Waals surface area contributed by atoms with Crippen LogP contribution in [0.25, 0.3) is 0 Å². The van der Waals surface area contributed by atoms with Crippen LogP contribution in [0, 0.1) is 6.92 Å². The lowest BCUT2D eigenvalue weighted by Crippen LogP contribution is -2.26. The van der Waals surface area contributed by atoms with Gasteiger partial charge in [-0.3, -0.25) is 4.68 Å². The van der Waals surface area contributed by atoms with Crippen molar-refractivity contribution in [2.24, 2.45) is 0 Å². The molecule has 21 heavy (non-hydrogen) atoms. The summed E-state index contributed by atoms with van der Waals surface area (Å²) in [6.45, 7) is 8.91. The molecule has 6 nitrogen and oxygen atoms in total. The normalized spacial score (nSPS) is 16.8. The third-order valence-electron chi connectivity index (χ3n) is 4.04. The van der Waals surface area contributed by atoms with E-state index in [1.807, 2.05) is 18.5 Å². The summed E-state index contributed by atoms with van der Waals surface area (Å²) in [6.07, 6.45) is 4.51. The lowest BCUT2D eigenvalue weighted by molar-refractivity contribution is 0.415. The molecular weight excluding hydrogens is 266 g/mol. The molecule has 0 radical (unpaired) electrons. The highest BCUT2D eigenvalue weighted by Gasteiger charge is 2.20. The van der Waals surface area contributed by atoms with Crippen molar-refractivity contribution in [2.75, 3.05) is 13.1 Å². The highest BCUT2D eigenvalue weighted by atomic mass is 16.4. The fraction of sp³-hybridized carbons (Fsp3) is 0.667. The smallest absolute Gasteiger partial charge is 0.237 e. The predicted octanol–water partition coefficient (Wildman–Crippen LogP) is 2.21. The lowest BCUT2D eigenvalue weighted by Gasteiger charge is -2.21. The fourth-order valence-corrected chi connectivity index (χ4v) is 2.85. The molecule has 3 rings (SSSR count). The van der Waals surface area contributed by atoms with Crippen LogP contribution in [0.15, 0.2) is 10.6 Å². The molecule has 0 atom stereocenters. The van der Waals surface area contributed by atoms with E-state index >= 15 is 0 Å². The van der Waals surface area contributed by atoms with Crippen molar-refractivity contribution < 1.29 is 4.42 Å². The maximum Gasteiger partial charge on any atom is 0.237 e. The third-order valence-corrected chi connectivity index (χ3v) is 4.04. The van der Waals surface area contributed by atoms with Crippen LogP contribution in [-0.2, 0) is 6.54 Å². The van der Waals surface area contributed by atoms with Gasteiger partial charge in [0.2, 0.25) is 11.8 Å². The lowest BCUT2D eigenvalue weighted by atomic mass is 9.91. The van der Waals surface area contributed by atoms with Crippen molar-refractivity contribution in [2.45, 2.75) is 52.0 Å². The van der Waals surface area contributed by atoms with Crippen molar-refractivity contribution in [3.8, 4) is 0 Å². The first-order chi connectivity index (χ1) is 10.1. The predicted molar refractivity (Wildman–Crippen MR) is 79.3 cm³/mol. The summed E-state index contributed by atoms with van der Waals surface area (Å²) < 4.78 is 7.57. The Labute approximate surface area is 124 Å². The summed E-state index contributed by atoms with van der Waals surface area (Å²) in [5.41, 5.74) is 2.48. The molecule has 1 aliphatic rings. The van der Waals surface area contributed by atoms with Gasteiger partial charge in [-0.2, -0.15) is 5.10 Å². The quantitative estimate of drug-likeness (QED) is 0.934. The largest absolute Gasteiger partial charge is 0.423 e. The molecule has 0 amide bonds. The van der Waals surface area contributed by atoms with Crippen LogP contribution in [0.5, 0.6) is 0 Å². The van der Waals surface area contributed by atoms with E-state index in [4.69, 9.17) is 4.42 Å². The Balaban J connectivity index is 1.73.